The molecule has 11 aromatic rings. The number of hydrogen-bond acceptors (Lipinski definition) is 7. The lowest BCUT2D eigenvalue weighted by Crippen LogP contribution is -2.01. The Morgan fingerprint density at radius 2 is 1.10 bits per heavy atom. The molecule has 0 amide bonds. The first-order valence-electron chi connectivity index (χ1n) is 16.7. The average molecular weight is 673 g/mol. The highest BCUT2D eigenvalue weighted by molar-refractivity contribution is 7.26. The van der Waals surface area contributed by atoms with Gasteiger partial charge in [-0.1, -0.05) is 91.0 Å². The first kappa shape index (κ1) is 28.2. The van der Waals surface area contributed by atoms with Crippen molar-refractivity contribution >= 4 is 75.4 Å². The zero-order valence-electron chi connectivity index (χ0n) is 26.9. The number of hydrogen-bond donors (Lipinski definition) is 0. The van der Waals surface area contributed by atoms with Crippen LogP contribution in [0.4, 0.5) is 0 Å². The van der Waals surface area contributed by atoms with E-state index >= 15 is 0 Å². The molecule has 6 nitrogen and oxygen atoms in total. The van der Waals surface area contributed by atoms with Gasteiger partial charge in [0, 0.05) is 64.6 Å². The number of furan rings is 2. The number of benzene rings is 6. The maximum absolute atomic E-state index is 6.52. The third-order valence-electron chi connectivity index (χ3n) is 9.64. The molecule has 0 aliphatic heterocycles. The van der Waals surface area contributed by atoms with Crippen LogP contribution in [0.3, 0.4) is 0 Å². The minimum absolute atomic E-state index is 0.563. The third-order valence-corrected chi connectivity index (χ3v) is 10.9. The summed E-state index contributed by atoms with van der Waals surface area (Å²) in [6, 6.07) is 45.6. The summed E-state index contributed by atoms with van der Waals surface area (Å²) in [4.78, 5) is 20.0. The van der Waals surface area contributed by atoms with E-state index in [-0.39, 0.29) is 0 Å². The minimum atomic E-state index is 0.563. The van der Waals surface area contributed by atoms with E-state index in [1.54, 1.807) is 23.7 Å². The molecule has 0 radical (unpaired) electrons. The Balaban J connectivity index is 1.23. The predicted octanol–water partition coefficient (Wildman–Crippen LogP) is 12.1. The maximum Gasteiger partial charge on any atom is 0.165 e. The molecule has 11 rings (SSSR count). The number of rotatable bonds is 4. The fourth-order valence-corrected chi connectivity index (χ4v) is 8.58. The number of nitrogens with zero attached hydrogens (tertiary/aromatic N) is 4. The van der Waals surface area contributed by atoms with E-state index in [2.05, 4.69) is 71.7 Å². The fourth-order valence-electron chi connectivity index (χ4n) is 7.36. The Labute approximate surface area is 294 Å². The van der Waals surface area contributed by atoms with Gasteiger partial charge in [0.2, 0.25) is 0 Å². The summed E-state index contributed by atoms with van der Waals surface area (Å²) in [5.74, 6) is 1.78. The van der Waals surface area contributed by atoms with Gasteiger partial charge in [0.05, 0.1) is 6.20 Å². The second-order valence-electron chi connectivity index (χ2n) is 12.6. The molecule has 0 fully saturated rings. The molecule has 7 heteroatoms. The number of fused-ring (bicyclic) bond motifs is 9. The summed E-state index contributed by atoms with van der Waals surface area (Å²) in [6.07, 6.45) is 3.56. The molecule has 0 bridgehead atoms. The molecule has 0 spiro atoms. The van der Waals surface area contributed by atoms with Gasteiger partial charge in [-0.3, -0.25) is 4.98 Å². The summed E-state index contributed by atoms with van der Waals surface area (Å²) in [5, 5.41) is 6.40. The molecular formula is C44H24N4O2S. The Morgan fingerprint density at radius 1 is 0.431 bits per heavy atom. The van der Waals surface area contributed by atoms with Crippen molar-refractivity contribution in [2.75, 3.05) is 0 Å². The van der Waals surface area contributed by atoms with Crippen molar-refractivity contribution in [2.45, 2.75) is 0 Å². The lowest BCUT2D eigenvalue weighted by Gasteiger charge is -2.12. The van der Waals surface area contributed by atoms with Crippen LogP contribution in [0.15, 0.2) is 155 Å². The summed E-state index contributed by atoms with van der Waals surface area (Å²) in [6.45, 7) is 0. The average Bonchev–Trinajstić information content (AvgIpc) is 3.89. The molecular weight excluding hydrogens is 649 g/mol. The molecule has 0 N–H and O–H groups in total. The summed E-state index contributed by atoms with van der Waals surface area (Å²) < 4.78 is 15.2. The molecule has 6 aromatic carbocycles. The van der Waals surface area contributed by atoms with Crippen LogP contribution in [0.25, 0.3) is 109 Å². The predicted molar refractivity (Wildman–Crippen MR) is 207 cm³/mol. The highest BCUT2D eigenvalue weighted by Crippen LogP contribution is 2.44. The number of pyridine rings is 1. The quantitative estimate of drug-likeness (QED) is 0.185. The first-order chi connectivity index (χ1) is 25.3. The molecule has 0 aliphatic carbocycles. The Bertz CT molecular complexity index is 3160. The summed E-state index contributed by atoms with van der Waals surface area (Å²) in [5.41, 5.74) is 7.84. The van der Waals surface area contributed by atoms with Gasteiger partial charge in [0.25, 0.3) is 0 Å². The number of aromatic nitrogens is 4. The minimum Gasteiger partial charge on any atom is -0.456 e. The molecule has 51 heavy (non-hydrogen) atoms. The molecule has 0 atom stereocenters. The molecule has 0 aliphatic rings. The standard InChI is InChI=1S/C44H24N4O2S/c1-2-10-25(11-3-1)42-46-43(32-16-8-15-29-28-12-5-7-19-38(28)51-41(29)32)48-44(47-42)33-22-26(23-36-40(33)31-20-21-45-24-37(31)50-36)27-14-9-18-35-39(27)30-13-4-6-17-34(30)49-35/h1-24H. The normalized spacial score (nSPS) is 11.9. The van der Waals surface area contributed by atoms with Crippen molar-refractivity contribution in [3.8, 4) is 45.3 Å². The van der Waals surface area contributed by atoms with Gasteiger partial charge in [-0.05, 0) is 53.6 Å². The van der Waals surface area contributed by atoms with Crippen molar-refractivity contribution in [1.29, 1.82) is 0 Å². The van der Waals surface area contributed by atoms with Crippen LogP contribution in [0, 0.1) is 0 Å². The van der Waals surface area contributed by atoms with Gasteiger partial charge in [0.1, 0.15) is 16.7 Å². The zero-order chi connectivity index (χ0) is 33.5. The maximum atomic E-state index is 6.52. The molecule has 5 aromatic heterocycles. The van der Waals surface area contributed by atoms with E-state index in [1.165, 1.54) is 15.5 Å². The zero-order valence-corrected chi connectivity index (χ0v) is 27.7. The van der Waals surface area contributed by atoms with Crippen LogP contribution in [-0.4, -0.2) is 19.9 Å². The van der Waals surface area contributed by atoms with E-state index in [9.17, 15) is 0 Å². The van der Waals surface area contributed by atoms with Crippen molar-refractivity contribution in [1.82, 2.24) is 19.9 Å². The summed E-state index contributed by atoms with van der Waals surface area (Å²) in [7, 11) is 0. The fraction of sp³-hybridized carbons (Fsp3) is 0. The van der Waals surface area contributed by atoms with E-state index in [0.717, 1.165) is 70.8 Å². The molecule has 238 valence electrons. The van der Waals surface area contributed by atoms with Crippen molar-refractivity contribution in [3.63, 3.8) is 0 Å². The Morgan fingerprint density at radius 3 is 2.02 bits per heavy atom. The number of thiophene rings is 1. The highest BCUT2D eigenvalue weighted by Gasteiger charge is 2.22. The summed E-state index contributed by atoms with van der Waals surface area (Å²) >= 11 is 1.76. The Kier molecular flexibility index (Phi) is 6.02. The van der Waals surface area contributed by atoms with Crippen LogP contribution in [0.1, 0.15) is 0 Å². The SMILES string of the molecule is c1ccc(-c2nc(-c3cccc4c3sc3ccccc34)nc(-c3cc(-c4cccc5oc6ccccc6c45)cc4oc5cnccc5c34)n2)cc1. The van der Waals surface area contributed by atoms with Gasteiger partial charge in [-0.2, -0.15) is 0 Å². The second-order valence-corrected chi connectivity index (χ2v) is 13.7. The molecule has 0 saturated heterocycles. The lowest BCUT2D eigenvalue weighted by molar-refractivity contribution is 0.667. The first-order valence-corrected chi connectivity index (χ1v) is 17.5. The van der Waals surface area contributed by atoms with Crippen molar-refractivity contribution in [3.05, 3.63) is 146 Å². The molecule has 0 saturated carbocycles. The topological polar surface area (TPSA) is 77.8 Å². The largest absolute Gasteiger partial charge is 0.456 e. The van der Waals surface area contributed by atoms with Gasteiger partial charge in [0.15, 0.2) is 23.1 Å². The van der Waals surface area contributed by atoms with Crippen molar-refractivity contribution in [2.24, 2.45) is 0 Å². The van der Waals surface area contributed by atoms with Crippen LogP contribution < -0.4 is 0 Å². The number of para-hydroxylation sites is 1. The molecule has 5 heterocycles. The van der Waals surface area contributed by atoms with Crippen LogP contribution in [0.5, 0.6) is 0 Å². The van der Waals surface area contributed by atoms with Crippen molar-refractivity contribution < 1.29 is 8.83 Å². The smallest absolute Gasteiger partial charge is 0.165 e. The van der Waals surface area contributed by atoms with E-state index < -0.39 is 0 Å². The van der Waals surface area contributed by atoms with E-state index in [1.807, 2.05) is 66.7 Å². The van der Waals surface area contributed by atoms with Gasteiger partial charge in [-0.25, -0.2) is 15.0 Å². The highest BCUT2D eigenvalue weighted by atomic mass is 32.1. The van der Waals surface area contributed by atoms with Crippen LogP contribution in [-0.2, 0) is 0 Å². The van der Waals surface area contributed by atoms with E-state index in [4.69, 9.17) is 23.8 Å². The van der Waals surface area contributed by atoms with Gasteiger partial charge in [-0.15, -0.1) is 11.3 Å². The lowest BCUT2D eigenvalue weighted by atomic mass is 9.95. The van der Waals surface area contributed by atoms with Crippen LogP contribution in [0.2, 0.25) is 0 Å². The van der Waals surface area contributed by atoms with Crippen LogP contribution >= 0.6 is 11.3 Å². The monoisotopic (exact) mass is 672 g/mol. The third kappa shape index (κ3) is 4.35. The second kappa shape index (κ2) is 10.9. The van der Waals surface area contributed by atoms with Gasteiger partial charge >= 0.3 is 0 Å². The van der Waals surface area contributed by atoms with E-state index in [0.29, 0.717) is 23.1 Å². The Hall–Kier alpha value is -6.70. The molecule has 0 unspecified atom stereocenters. The van der Waals surface area contributed by atoms with Gasteiger partial charge < -0.3 is 8.83 Å².